The summed E-state index contributed by atoms with van der Waals surface area (Å²) >= 11 is 0. The van der Waals surface area contributed by atoms with Crippen LogP contribution in [-0.2, 0) is 12.8 Å². The summed E-state index contributed by atoms with van der Waals surface area (Å²) in [6.07, 6.45) is 6.72. The Labute approximate surface area is 135 Å². The normalized spacial score (nSPS) is 16.3. The number of hydrogen-bond acceptors (Lipinski definition) is 4. The van der Waals surface area contributed by atoms with Gasteiger partial charge in [-0.3, -0.25) is 5.10 Å². The van der Waals surface area contributed by atoms with Gasteiger partial charge in [-0.05, 0) is 36.5 Å². The second-order valence-corrected chi connectivity index (χ2v) is 5.82. The Morgan fingerprint density at radius 1 is 1.26 bits per heavy atom. The van der Waals surface area contributed by atoms with Gasteiger partial charge in [-0.15, -0.1) is 0 Å². The zero-order valence-corrected chi connectivity index (χ0v) is 13.1. The molecular formula is C18H19N5. The number of benzene rings is 1. The summed E-state index contributed by atoms with van der Waals surface area (Å²) in [6, 6.07) is 10.8. The van der Waals surface area contributed by atoms with Gasteiger partial charge in [-0.25, -0.2) is 9.97 Å². The third-order valence-corrected chi connectivity index (χ3v) is 4.44. The average molecular weight is 305 g/mol. The molecule has 2 aromatic heterocycles. The number of rotatable bonds is 4. The Morgan fingerprint density at radius 3 is 3.09 bits per heavy atom. The molecule has 0 saturated heterocycles. The Hall–Kier alpha value is -2.69. The molecule has 1 aliphatic carbocycles. The monoisotopic (exact) mass is 305 g/mol. The molecule has 0 saturated carbocycles. The first-order valence-electron chi connectivity index (χ1n) is 8.05. The van der Waals surface area contributed by atoms with Crippen molar-refractivity contribution >= 4 is 5.95 Å². The number of nitrogens with one attached hydrogen (secondary N) is 2. The Kier molecular flexibility index (Phi) is 3.54. The molecule has 3 aromatic rings. The maximum Gasteiger partial charge on any atom is 0.223 e. The average Bonchev–Trinajstić information content (AvgIpc) is 3.22. The van der Waals surface area contributed by atoms with Crippen LogP contribution in [0.1, 0.15) is 36.2 Å². The predicted octanol–water partition coefficient (Wildman–Crippen LogP) is 3.53. The zero-order chi connectivity index (χ0) is 15.6. The van der Waals surface area contributed by atoms with Gasteiger partial charge in [-0.2, -0.15) is 5.10 Å². The van der Waals surface area contributed by atoms with E-state index in [1.54, 1.807) is 6.20 Å². The van der Waals surface area contributed by atoms with Gasteiger partial charge >= 0.3 is 0 Å². The third kappa shape index (κ3) is 2.59. The second kappa shape index (κ2) is 5.83. The summed E-state index contributed by atoms with van der Waals surface area (Å²) in [4.78, 5) is 9.07. The van der Waals surface area contributed by atoms with Gasteiger partial charge in [0.15, 0.2) is 0 Å². The van der Waals surface area contributed by atoms with Crippen LogP contribution in [0.2, 0.25) is 0 Å². The topological polar surface area (TPSA) is 66.5 Å². The van der Waals surface area contributed by atoms with Crippen LogP contribution in [0.15, 0.2) is 42.7 Å². The van der Waals surface area contributed by atoms with E-state index in [0.717, 1.165) is 36.2 Å². The van der Waals surface area contributed by atoms with E-state index in [-0.39, 0.29) is 6.04 Å². The van der Waals surface area contributed by atoms with Gasteiger partial charge in [-0.1, -0.05) is 31.2 Å². The van der Waals surface area contributed by atoms with Crippen LogP contribution < -0.4 is 5.32 Å². The molecule has 0 aliphatic heterocycles. The van der Waals surface area contributed by atoms with Gasteiger partial charge in [0.2, 0.25) is 5.95 Å². The lowest BCUT2D eigenvalue weighted by atomic mass is 10.1. The van der Waals surface area contributed by atoms with Crippen molar-refractivity contribution in [1.29, 1.82) is 0 Å². The van der Waals surface area contributed by atoms with E-state index in [9.17, 15) is 0 Å². The molecule has 116 valence electrons. The number of H-pyrrole nitrogens is 1. The summed E-state index contributed by atoms with van der Waals surface area (Å²) in [6.45, 7) is 2.10. The van der Waals surface area contributed by atoms with Crippen LogP contribution in [0.3, 0.4) is 0 Å². The van der Waals surface area contributed by atoms with Crippen LogP contribution >= 0.6 is 0 Å². The number of aromatic nitrogens is 4. The van der Waals surface area contributed by atoms with Crippen molar-refractivity contribution < 1.29 is 0 Å². The summed E-state index contributed by atoms with van der Waals surface area (Å²) in [7, 11) is 0. The van der Waals surface area contributed by atoms with Crippen molar-refractivity contribution in [2.75, 3.05) is 5.32 Å². The molecule has 23 heavy (non-hydrogen) atoms. The molecule has 4 rings (SSSR count). The molecule has 0 bridgehead atoms. The molecule has 1 atom stereocenters. The highest BCUT2D eigenvalue weighted by Gasteiger charge is 2.22. The van der Waals surface area contributed by atoms with Crippen molar-refractivity contribution in [2.24, 2.45) is 0 Å². The zero-order valence-electron chi connectivity index (χ0n) is 13.1. The predicted molar refractivity (Wildman–Crippen MR) is 90.1 cm³/mol. The van der Waals surface area contributed by atoms with Crippen molar-refractivity contribution in [3.63, 3.8) is 0 Å². The smallest absolute Gasteiger partial charge is 0.223 e. The van der Waals surface area contributed by atoms with Gasteiger partial charge < -0.3 is 5.32 Å². The highest BCUT2D eigenvalue weighted by Crippen LogP contribution is 2.33. The Bertz CT molecular complexity index is 824. The summed E-state index contributed by atoms with van der Waals surface area (Å²) in [5, 5.41) is 10.6. The van der Waals surface area contributed by atoms with E-state index in [2.05, 4.69) is 56.7 Å². The molecule has 0 fully saturated rings. The van der Waals surface area contributed by atoms with Crippen LogP contribution in [-0.4, -0.2) is 20.2 Å². The Balaban J connectivity index is 1.61. The number of nitrogens with zero attached hydrogens (tertiary/aromatic N) is 3. The molecule has 0 radical (unpaired) electrons. The van der Waals surface area contributed by atoms with Gasteiger partial charge in [0.25, 0.3) is 0 Å². The first kappa shape index (κ1) is 13.9. The molecule has 0 amide bonds. The standard InChI is InChI=1S/C18H19N5/c1-2-15-14(11-20-23-15)17-9-10-19-18(22-17)21-16-8-7-12-5-3-4-6-13(12)16/h3-6,9-11,16H,2,7-8H2,1H3,(H,20,23)(H,19,21,22)/t16-/m1/s1. The van der Waals surface area contributed by atoms with E-state index in [1.165, 1.54) is 11.1 Å². The molecule has 0 spiro atoms. The van der Waals surface area contributed by atoms with Gasteiger partial charge in [0.1, 0.15) is 0 Å². The molecule has 2 heterocycles. The number of fused-ring (bicyclic) bond motifs is 1. The molecule has 1 aromatic carbocycles. The lowest BCUT2D eigenvalue weighted by Gasteiger charge is -2.14. The van der Waals surface area contributed by atoms with E-state index in [0.29, 0.717) is 5.95 Å². The van der Waals surface area contributed by atoms with Crippen LogP contribution in [0.5, 0.6) is 0 Å². The number of hydrogen-bond donors (Lipinski definition) is 2. The highest BCUT2D eigenvalue weighted by atomic mass is 15.1. The van der Waals surface area contributed by atoms with Crippen molar-refractivity contribution in [1.82, 2.24) is 20.2 Å². The minimum Gasteiger partial charge on any atom is -0.347 e. The van der Waals surface area contributed by atoms with E-state index in [4.69, 9.17) is 0 Å². The molecular weight excluding hydrogens is 286 g/mol. The fourth-order valence-electron chi connectivity index (χ4n) is 3.24. The van der Waals surface area contributed by atoms with Crippen LogP contribution in [0.4, 0.5) is 5.95 Å². The summed E-state index contributed by atoms with van der Waals surface area (Å²) in [5.41, 5.74) is 5.83. The number of anilines is 1. The minimum atomic E-state index is 0.288. The van der Waals surface area contributed by atoms with E-state index < -0.39 is 0 Å². The quantitative estimate of drug-likeness (QED) is 0.774. The van der Waals surface area contributed by atoms with Crippen LogP contribution in [0, 0.1) is 0 Å². The second-order valence-electron chi connectivity index (χ2n) is 5.82. The SMILES string of the molecule is CCc1[nH]ncc1-c1ccnc(N[C@@H]2CCc3ccccc32)n1. The molecule has 2 N–H and O–H groups in total. The van der Waals surface area contributed by atoms with Gasteiger partial charge in [0, 0.05) is 17.5 Å². The maximum atomic E-state index is 4.68. The maximum absolute atomic E-state index is 4.68. The van der Waals surface area contributed by atoms with E-state index in [1.807, 2.05) is 12.3 Å². The lowest BCUT2D eigenvalue weighted by molar-refractivity contribution is 0.751. The van der Waals surface area contributed by atoms with Crippen molar-refractivity contribution in [3.8, 4) is 11.3 Å². The molecule has 1 aliphatic rings. The first-order valence-corrected chi connectivity index (χ1v) is 8.05. The molecule has 0 unspecified atom stereocenters. The van der Waals surface area contributed by atoms with Crippen LogP contribution in [0.25, 0.3) is 11.3 Å². The van der Waals surface area contributed by atoms with Crippen molar-refractivity contribution in [2.45, 2.75) is 32.2 Å². The minimum absolute atomic E-state index is 0.288. The first-order chi connectivity index (χ1) is 11.3. The summed E-state index contributed by atoms with van der Waals surface area (Å²) < 4.78 is 0. The summed E-state index contributed by atoms with van der Waals surface area (Å²) in [5.74, 6) is 0.674. The van der Waals surface area contributed by atoms with Crippen molar-refractivity contribution in [3.05, 3.63) is 59.5 Å². The molecule has 5 heteroatoms. The lowest BCUT2D eigenvalue weighted by Crippen LogP contribution is -2.10. The fraction of sp³-hybridized carbons (Fsp3) is 0.278. The largest absolute Gasteiger partial charge is 0.347 e. The molecule has 5 nitrogen and oxygen atoms in total. The van der Waals surface area contributed by atoms with E-state index >= 15 is 0 Å². The highest BCUT2D eigenvalue weighted by molar-refractivity contribution is 5.62. The number of aryl methyl sites for hydroxylation is 2. The third-order valence-electron chi connectivity index (χ3n) is 4.44. The Morgan fingerprint density at radius 2 is 2.17 bits per heavy atom. The fourth-order valence-corrected chi connectivity index (χ4v) is 3.24. The number of aromatic amines is 1. The van der Waals surface area contributed by atoms with Gasteiger partial charge in [0.05, 0.1) is 17.9 Å².